The summed E-state index contributed by atoms with van der Waals surface area (Å²) in [4.78, 5) is 6.56. The lowest BCUT2D eigenvalue weighted by Crippen LogP contribution is -2.22. The Labute approximate surface area is 125 Å². The molecule has 4 heteroatoms. The molecule has 0 aliphatic rings. The van der Waals surface area contributed by atoms with E-state index in [2.05, 4.69) is 39.5 Å². The Morgan fingerprint density at radius 1 is 1.20 bits per heavy atom. The van der Waals surface area contributed by atoms with Crippen LogP contribution in [-0.2, 0) is 13.0 Å². The highest BCUT2D eigenvalue weighted by Crippen LogP contribution is 2.23. The van der Waals surface area contributed by atoms with Gasteiger partial charge in [0.1, 0.15) is 5.82 Å². The first-order chi connectivity index (χ1) is 9.70. The van der Waals surface area contributed by atoms with E-state index in [1.54, 1.807) is 0 Å². The number of halogens is 1. The maximum atomic E-state index is 6.31. The Balaban J connectivity index is 2.00. The summed E-state index contributed by atoms with van der Waals surface area (Å²) in [5.74, 6) is 0.836. The molecule has 1 heterocycles. The monoisotopic (exact) mass is 289 g/mol. The van der Waals surface area contributed by atoms with Gasteiger partial charge >= 0.3 is 0 Å². The van der Waals surface area contributed by atoms with Crippen molar-refractivity contribution in [1.82, 2.24) is 10.3 Å². The third-order valence-electron chi connectivity index (χ3n) is 3.20. The molecule has 0 radical (unpaired) electrons. The number of anilines is 1. The van der Waals surface area contributed by atoms with Crippen molar-refractivity contribution in [3.63, 3.8) is 0 Å². The van der Waals surface area contributed by atoms with Crippen LogP contribution in [0.3, 0.4) is 0 Å². The van der Waals surface area contributed by atoms with Crippen LogP contribution in [0.5, 0.6) is 0 Å². The third kappa shape index (κ3) is 3.95. The van der Waals surface area contributed by atoms with E-state index in [1.165, 1.54) is 5.56 Å². The summed E-state index contributed by atoms with van der Waals surface area (Å²) in [6.07, 6.45) is 2.85. The van der Waals surface area contributed by atoms with Gasteiger partial charge in [-0.25, -0.2) is 4.98 Å². The molecule has 0 saturated carbocycles. The lowest BCUT2D eigenvalue weighted by Gasteiger charge is -2.19. The fraction of sp³-hybridized carbons (Fsp3) is 0.312. The van der Waals surface area contributed by atoms with Gasteiger partial charge in [-0.2, -0.15) is 0 Å². The first-order valence-electron chi connectivity index (χ1n) is 6.75. The molecule has 106 valence electrons. The largest absolute Gasteiger partial charge is 0.358 e. The van der Waals surface area contributed by atoms with Gasteiger partial charge in [0.05, 0.1) is 5.02 Å². The molecule has 0 aliphatic heterocycles. The first-order valence-corrected chi connectivity index (χ1v) is 7.12. The lowest BCUT2D eigenvalue weighted by molar-refractivity contribution is 0.808. The number of nitrogens with zero attached hydrogens (tertiary/aromatic N) is 2. The van der Waals surface area contributed by atoms with E-state index in [1.807, 2.05) is 32.4 Å². The number of hydrogen-bond donors (Lipinski definition) is 1. The average Bonchev–Trinajstić information content (AvgIpc) is 2.46. The molecule has 2 aromatic rings. The van der Waals surface area contributed by atoms with Gasteiger partial charge in [-0.3, -0.25) is 0 Å². The summed E-state index contributed by atoms with van der Waals surface area (Å²) in [5.41, 5.74) is 2.42. The van der Waals surface area contributed by atoms with Crippen LogP contribution in [0.4, 0.5) is 5.82 Å². The van der Waals surface area contributed by atoms with Crippen LogP contribution in [-0.4, -0.2) is 25.6 Å². The topological polar surface area (TPSA) is 28.2 Å². The molecule has 0 fully saturated rings. The molecule has 0 saturated heterocycles. The van der Waals surface area contributed by atoms with Gasteiger partial charge in [0, 0.05) is 26.3 Å². The highest BCUT2D eigenvalue weighted by Gasteiger charge is 2.08. The van der Waals surface area contributed by atoms with Crippen molar-refractivity contribution in [3.8, 4) is 0 Å². The minimum absolute atomic E-state index is 0.702. The van der Waals surface area contributed by atoms with E-state index in [9.17, 15) is 0 Å². The van der Waals surface area contributed by atoms with E-state index < -0.39 is 0 Å². The molecule has 20 heavy (non-hydrogen) atoms. The molecular formula is C16H20ClN3. The van der Waals surface area contributed by atoms with Crippen LogP contribution in [0.15, 0.2) is 42.6 Å². The molecule has 0 unspecified atom stereocenters. The number of nitrogens with one attached hydrogen (secondary N) is 1. The lowest BCUT2D eigenvalue weighted by atomic mass is 10.1. The number of likely N-dealkylation sites (N-methyl/N-ethyl adjacent to an activating group) is 1. The predicted molar refractivity (Wildman–Crippen MR) is 85.4 cm³/mol. The minimum Gasteiger partial charge on any atom is -0.358 e. The number of hydrogen-bond acceptors (Lipinski definition) is 3. The van der Waals surface area contributed by atoms with Gasteiger partial charge in [-0.05, 0) is 30.7 Å². The summed E-state index contributed by atoms with van der Waals surface area (Å²) >= 11 is 6.31. The van der Waals surface area contributed by atoms with Gasteiger partial charge in [0.15, 0.2) is 0 Å². The van der Waals surface area contributed by atoms with Crippen LogP contribution in [0.1, 0.15) is 11.1 Å². The number of rotatable bonds is 6. The number of benzene rings is 1. The van der Waals surface area contributed by atoms with E-state index in [0.29, 0.717) is 5.02 Å². The maximum Gasteiger partial charge on any atom is 0.147 e. The van der Waals surface area contributed by atoms with Crippen molar-refractivity contribution in [2.75, 3.05) is 25.5 Å². The Morgan fingerprint density at radius 3 is 2.60 bits per heavy atom. The normalized spacial score (nSPS) is 10.6. The molecule has 0 amide bonds. The van der Waals surface area contributed by atoms with Crippen molar-refractivity contribution >= 4 is 17.4 Å². The van der Waals surface area contributed by atoms with E-state index in [4.69, 9.17) is 11.6 Å². The molecule has 2 rings (SSSR count). The molecular weight excluding hydrogens is 270 g/mol. The fourth-order valence-corrected chi connectivity index (χ4v) is 2.43. The Bertz CT molecular complexity index is 543. The highest BCUT2D eigenvalue weighted by molar-refractivity contribution is 6.33. The Kier molecular flexibility index (Phi) is 5.39. The molecule has 0 aliphatic carbocycles. The SMILES string of the molecule is CNCc1cnc(N(C)CCc2ccccc2)c(Cl)c1. The quantitative estimate of drug-likeness (QED) is 0.885. The summed E-state index contributed by atoms with van der Waals surface area (Å²) in [6.45, 7) is 1.67. The predicted octanol–water partition coefficient (Wildman–Crippen LogP) is 3.13. The van der Waals surface area contributed by atoms with Crippen molar-refractivity contribution in [1.29, 1.82) is 0 Å². The summed E-state index contributed by atoms with van der Waals surface area (Å²) < 4.78 is 0. The van der Waals surface area contributed by atoms with Crippen molar-refractivity contribution in [2.24, 2.45) is 0 Å². The Hall–Kier alpha value is -1.58. The zero-order valence-electron chi connectivity index (χ0n) is 11.9. The van der Waals surface area contributed by atoms with E-state index >= 15 is 0 Å². The maximum absolute atomic E-state index is 6.31. The van der Waals surface area contributed by atoms with Gasteiger partial charge in [0.2, 0.25) is 0 Å². The van der Waals surface area contributed by atoms with Gasteiger partial charge in [-0.15, -0.1) is 0 Å². The fourth-order valence-electron chi connectivity index (χ4n) is 2.10. The zero-order chi connectivity index (χ0) is 14.4. The van der Waals surface area contributed by atoms with Crippen LogP contribution in [0.2, 0.25) is 5.02 Å². The second kappa shape index (κ2) is 7.27. The van der Waals surface area contributed by atoms with E-state index in [0.717, 1.165) is 30.9 Å². The molecule has 1 aromatic heterocycles. The van der Waals surface area contributed by atoms with Crippen LogP contribution < -0.4 is 10.2 Å². The molecule has 1 N–H and O–H groups in total. The second-order valence-corrected chi connectivity index (χ2v) is 5.24. The molecule has 0 bridgehead atoms. The van der Waals surface area contributed by atoms with Gasteiger partial charge in [0.25, 0.3) is 0 Å². The Morgan fingerprint density at radius 2 is 1.95 bits per heavy atom. The highest BCUT2D eigenvalue weighted by atomic mass is 35.5. The van der Waals surface area contributed by atoms with Crippen molar-refractivity contribution < 1.29 is 0 Å². The molecule has 0 atom stereocenters. The van der Waals surface area contributed by atoms with Crippen LogP contribution in [0, 0.1) is 0 Å². The van der Waals surface area contributed by atoms with E-state index in [-0.39, 0.29) is 0 Å². The average molecular weight is 290 g/mol. The number of aromatic nitrogens is 1. The van der Waals surface area contributed by atoms with Gasteiger partial charge < -0.3 is 10.2 Å². The van der Waals surface area contributed by atoms with Crippen LogP contribution >= 0.6 is 11.6 Å². The number of pyridine rings is 1. The van der Waals surface area contributed by atoms with Crippen molar-refractivity contribution in [3.05, 3.63) is 58.7 Å². The summed E-state index contributed by atoms with van der Waals surface area (Å²) in [6, 6.07) is 12.4. The summed E-state index contributed by atoms with van der Waals surface area (Å²) in [5, 5.41) is 3.80. The minimum atomic E-state index is 0.702. The molecule has 3 nitrogen and oxygen atoms in total. The van der Waals surface area contributed by atoms with Gasteiger partial charge in [-0.1, -0.05) is 41.9 Å². The second-order valence-electron chi connectivity index (χ2n) is 4.84. The standard InChI is InChI=1S/C16H20ClN3/c1-18-11-14-10-15(17)16(19-12-14)20(2)9-8-13-6-4-3-5-7-13/h3-7,10,12,18H,8-9,11H2,1-2H3. The zero-order valence-corrected chi connectivity index (χ0v) is 12.7. The summed E-state index contributed by atoms with van der Waals surface area (Å²) in [7, 11) is 3.93. The third-order valence-corrected chi connectivity index (χ3v) is 3.48. The smallest absolute Gasteiger partial charge is 0.147 e. The van der Waals surface area contributed by atoms with Crippen LogP contribution in [0.25, 0.3) is 0 Å². The van der Waals surface area contributed by atoms with Crippen molar-refractivity contribution in [2.45, 2.75) is 13.0 Å². The molecule has 1 aromatic carbocycles. The first kappa shape index (κ1) is 14.8. The molecule has 0 spiro atoms.